The average Bonchev–Trinajstić information content (AvgIpc) is 2.84. The first-order valence-electron chi connectivity index (χ1n) is 7.82. The van der Waals surface area contributed by atoms with E-state index in [2.05, 4.69) is 20.8 Å². The molecular weight excluding hydrogens is 284 g/mol. The third-order valence-electron chi connectivity index (χ3n) is 4.97. The average molecular weight is 307 g/mol. The molecule has 3 rings (SSSR count). The highest BCUT2D eigenvalue weighted by molar-refractivity contribution is 6.34. The van der Waals surface area contributed by atoms with Crippen molar-refractivity contribution in [3.63, 3.8) is 0 Å². The van der Waals surface area contributed by atoms with E-state index in [1.807, 2.05) is 24.3 Å². The highest BCUT2D eigenvalue weighted by Crippen LogP contribution is 2.48. The molecular formula is C18H23ClO2. The molecule has 0 spiro atoms. The van der Waals surface area contributed by atoms with Crippen LogP contribution in [0.2, 0.25) is 5.02 Å². The van der Waals surface area contributed by atoms with Crippen LogP contribution in [0.3, 0.4) is 0 Å². The Bertz CT molecular complexity index is 646. The van der Waals surface area contributed by atoms with Crippen LogP contribution in [0, 0.1) is 17.8 Å². The van der Waals surface area contributed by atoms with Gasteiger partial charge in [-0.05, 0) is 42.7 Å². The minimum Gasteiger partial charge on any atom is -0.456 e. The normalized spacial score (nSPS) is 30.2. The third kappa shape index (κ3) is 2.49. The van der Waals surface area contributed by atoms with E-state index >= 15 is 0 Å². The maximum atomic E-state index is 11.4. The summed E-state index contributed by atoms with van der Waals surface area (Å²) in [5.74, 6) is 1.84. The van der Waals surface area contributed by atoms with Crippen molar-refractivity contribution in [1.82, 2.24) is 0 Å². The van der Waals surface area contributed by atoms with Crippen LogP contribution in [0.5, 0.6) is 0 Å². The zero-order valence-corrected chi connectivity index (χ0v) is 13.7. The Kier molecular flexibility index (Phi) is 3.79. The molecule has 114 valence electrons. The number of benzene rings is 1. The lowest BCUT2D eigenvalue weighted by Gasteiger charge is -2.43. The number of halogens is 1. The molecule has 1 aromatic heterocycles. The van der Waals surface area contributed by atoms with Crippen LogP contribution in [0.15, 0.2) is 28.7 Å². The van der Waals surface area contributed by atoms with Gasteiger partial charge in [-0.3, -0.25) is 0 Å². The highest BCUT2D eigenvalue weighted by Gasteiger charge is 2.46. The van der Waals surface area contributed by atoms with Crippen LogP contribution in [-0.4, -0.2) is 5.11 Å². The van der Waals surface area contributed by atoms with E-state index in [9.17, 15) is 5.11 Å². The zero-order chi connectivity index (χ0) is 15.2. The fourth-order valence-electron chi connectivity index (χ4n) is 3.90. The number of para-hydroxylation sites is 1. The van der Waals surface area contributed by atoms with Crippen LogP contribution in [-0.2, 0) is 5.60 Å². The molecule has 1 N–H and O–H groups in total. The molecule has 3 heteroatoms. The Morgan fingerprint density at radius 1 is 1.33 bits per heavy atom. The molecule has 3 atom stereocenters. The van der Waals surface area contributed by atoms with Gasteiger partial charge in [-0.1, -0.05) is 50.9 Å². The summed E-state index contributed by atoms with van der Waals surface area (Å²) in [7, 11) is 0. The van der Waals surface area contributed by atoms with Crippen molar-refractivity contribution in [2.45, 2.75) is 45.6 Å². The molecule has 1 aliphatic carbocycles. The van der Waals surface area contributed by atoms with Gasteiger partial charge in [-0.15, -0.1) is 0 Å². The standard InChI is InChI=1S/C18H23ClO2/c1-11(2)14-8-7-12(3)10-18(14,20)16-9-13-5-4-6-15(19)17(13)21-16/h4-6,9,11-12,14,20H,7-8,10H2,1-3H3. The van der Waals surface area contributed by atoms with Crippen molar-refractivity contribution < 1.29 is 9.52 Å². The van der Waals surface area contributed by atoms with Crippen LogP contribution >= 0.6 is 11.6 Å². The fourth-order valence-corrected chi connectivity index (χ4v) is 4.12. The summed E-state index contributed by atoms with van der Waals surface area (Å²) >= 11 is 6.21. The molecule has 0 radical (unpaired) electrons. The maximum Gasteiger partial charge on any atom is 0.153 e. The molecule has 0 bridgehead atoms. The van der Waals surface area contributed by atoms with Gasteiger partial charge in [0.1, 0.15) is 11.4 Å². The highest BCUT2D eigenvalue weighted by atomic mass is 35.5. The number of hydrogen-bond donors (Lipinski definition) is 1. The summed E-state index contributed by atoms with van der Waals surface area (Å²) in [6.07, 6.45) is 2.97. The molecule has 1 aliphatic rings. The summed E-state index contributed by atoms with van der Waals surface area (Å²) in [4.78, 5) is 0. The van der Waals surface area contributed by atoms with Gasteiger partial charge < -0.3 is 9.52 Å². The van der Waals surface area contributed by atoms with Crippen molar-refractivity contribution >= 4 is 22.6 Å². The van der Waals surface area contributed by atoms with Crippen molar-refractivity contribution in [3.05, 3.63) is 35.0 Å². The molecule has 1 heterocycles. The van der Waals surface area contributed by atoms with E-state index in [1.54, 1.807) is 0 Å². The van der Waals surface area contributed by atoms with E-state index < -0.39 is 5.60 Å². The van der Waals surface area contributed by atoms with Crippen molar-refractivity contribution in [1.29, 1.82) is 0 Å². The lowest BCUT2D eigenvalue weighted by Crippen LogP contribution is -2.42. The maximum absolute atomic E-state index is 11.4. The van der Waals surface area contributed by atoms with Crippen molar-refractivity contribution in [2.75, 3.05) is 0 Å². The molecule has 0 amide bonds. The van der Waals surface area contributed by atoms with Gasteiger partial charge in [0.05, 0.1) is 5.02 Å². The van der Waals surface area contributed by atoms with Gasteiger partial charge in [0, 0.05) is 5.39 Å². The first-order chi connectivity index (χ1) is 9.91. The van der Waals surface area contributed by atoms with Crippen molar-refractivity contribution in [3.8, 4) is 0 Å². The second-order valence-electron chi connectivity index (χ2n) is 6.93. The quantitative estimate of drug-likeness (QED) is 0.809. The Morgan fingerprint density at radius 3 is 2.76 bits per heavy atom. The molecule has 1 aromatic carbocycles. The molecule has 2 aromatic rings. The number of aliphatic hydroxyl groups is 1. The summed E-state index contributed by atoms with van der Waals surface area (Å²) in [6.45, 7) is 6.57. The van der Waals surface area contributed by atoms with E-state index in [-0.39, 0.29) is 5.92 Å². The Hall–Kier alpha value is -0.990. The zero-order valence-electron chi connectivity index (χ0n) is 12.9. The van der Waals surface area contributed by atoms with Crippen molar-refractivity contribution in [2.24, 2.45) is 17.8 Å². The van der Waals surface area contributed by atoms with E-state index in [4.69, 9.17) is 16.0 Å². The van der Waals surface area contributed by atoms with E-state index in [1.165, 1.54) is 6.42 Å². The van der Waals surface area contributed by atoms with Crippen LogP contribution in [0.4, 0.5) is 0 Å². The largest absolute Gasteiger partial charge is 0.456 e. The predicted molar refractivity (Wildman–Crippen MR) is 86.5 cm³/mol. The van der Waals surface area contributed by atoms with Gasteiger partial charge in [0.25, 0.3) is 0 Å². The molecule has 1 fully saturated rings. The summed E-state index contributed by atoms with van der Waals surface area (Å²) in [5, 5.41) is 13.0. The summed E-state index contributed by atoms with van der Waals surface area (Å²) in [6, 6.07) is 7.69. The SMILES string of the molecule is CC1CCC(C(C)C)C(O)(c2cc3cccc(Cl)c3o2)C1. The lowest BCUT2D eigenvalue weighted by molar-refractivity contribution is -0.0998. The number of hydrogen-bond acceptors (Lipinski definition) is 2. The Balaban J connectivity index is 2.10. The monoisotopic (exact) mass is 306 g/mol. The third-order valence-corrected chi connectivity index (χ3v) is 5.27. The first-order valence-corrected chi connectivity index (χ1v) is 8.20. The first kappa shape index (κ1) is 14.9. The summed E-state index contributed by atoms with van der Waals surface area (Å²) in [5.41, 5.74) is -0.197. The molecule has 3 unspecified atom stereocenters. The Labute approximate surface area is 131 Å². The van der Waals surface area contributed by atoms with Gasteiger partial charge in [0.2, 0.25) is 0 Å². The van der Waals surface area contributed by atoms with Crippen LogP contribution in [0.1, 0.15) is 45.8 Å². The molecule has 21 heavy (non-hydrogen) atoms. The van der Waals surface area contributed by atoms with E-state index in [0.717, 1.165) is 18.2 Å². The molecule has 0 aliphatic heterocycles. The van der Waals surface area contributed by atoms with Crippen LogP contribution < -0.4 is 0 Å². The number of fused-ring (bicyclic) bond motifs is 1. The molecule has 0 saturated heterocycles. The second kappa shape index (κ2) is 5.33. The van der Waals surface area contributed by atoms with Gasteiger partial charge in [0.15, 0.2) is 5.58 Å². The Morgan fingerprint density at radius 2 is 2.10 bits per heavy atom. The number of furan rings is 1. The topological polar surface area (TPSA) is 33.4 Å². The van der Waals surface area contributed by atoms with Gasteiger partial charge >= 0.3 is 0 Å². The molecule has 1 saturated carbocycles. The molecule has 2 nitrogen and oxygen atoms in total. The fraction of sp³-hybridized carbons (Fsp3) is 0.556. The van der Waals surface area contributed by atoms with Crippen LogP contribution in [0.25, 0.3) is 11.0 Å². The smallest absolute Gasteiger partial charge is 0.153 e. The second-order valence-corrected chi connectivity index (χ2v) is 7.34. The van der Waals surface area contributed by atoms with Gasteiger partial charge in [-0.2, -0.15) is 0 Å². The minimum absolute atomic E-state index is 0.230. The number of rotatable bonds is 2. The predicted octanol–water partition coefficient (Wildman–Crippen LogP) is 5.37. The minimum atomic E-state index is -0.881. The lowest BCUT2D eigenvalue weighted by atomic mass is 9.66. The van der Waals surface area contributed by atoms with Gasteiger partial charge in [-0.25, -0.2) is 0 Å². The van der Waals surface area contributed by atoms with E-state index in [0.29, 0.717) is 28.2 Å². The summed E-state index contributed by atoms with van der Waals surface area (Å²) < 4.78 is 5.99.